The smallest absolute Gasteiger partial charge is 0.258 e. The molecule has 0 saturated heterocycles. The number of non-ortho nitro benzene ring substituents is 1. The van der Waals surface area contributed by atoms with E-state index in [0.29, 0.717) is 5.56 Å². The third-order valence-electron chi connectivity index (χ3n) is 2.85. The molecule has 0 aliphatic heterocycles. The van der Waals surface area contributed by atoms with Gasteiger partial charge in [0.1, 0.15) is 11.7 Å². The van der Waals surface area contributed by atoms with Crippen LogP contribution in [0.4, 0.5) is 10.1 Å². The molecule has 2 aromatic carbocycles. The van der Waals surface area contributed by atoms with E-state index in [2.05, 4.69) is 0 Å². The number of nitro groups is 1. The van der Waals surface area contributed by atoms with Gasteiger partial charge in [0.25, 0.3) is 5.69 Å². The molecule has 0 aliphatic rings. The summed E-state index contributed by atoms with van der Waals surface area (Å²) in [6.45, 7) is 0. The maximum Gasteiger partial charge on any atom is 0.269 e. The van der Waals surface area contributed by atoms with Crippen molar-refractivity contribution in [2.45, 2.75) is 5.92 Å². The zero-order valence-electron chi connectivity index (χ0n) is 10.1. The molecule has 2 aromatic rings. The molecule has 0 fully saturated rings. The summed E-state index contributed by atoms with van der Waals surface area (Å²) in [7, 11) is 0. The summed E-state index contributed by atoms with van der Waals surface area (Å²) in [6.07, 6.45) is 0. The summed E-state index contributed by atoms with van der Waals surface area (Å²) in [4.78, 5) is 10.0. The topological polar surface area (TPSA) is 66.9 Å². The summed E-state index contributed by atoms with van der Waals surface area (Å²) in [6, 6.07) is 11.5. The minimum absolute atomic E-state index is 0.0746. The van der Waals surface area contributed by atoms with Crippen LogP contribution in [0.5, 0.6) is 0 Å². The molecule has 4 nitrogen and oxygen atoms in total. The van der Waals surface area contributed by atoms with Gasteiger partial charge in [0, 0.05) is 22.7 Å². The Morgan fingerprint density at radius 3 is 2.40 bits per heavy atom. The molecule has 1 atom stereocenters. The molecule has 0 spiro atoms. The molecule has 0 unspecified atom stereocenters. The highest BCUT2D eigenvalue weighted by Gasteiger charge is 2.21. The van der Waals surface area contributed by atoms with Gasteiger partial charge in [-0.15, -0.1) is 0 Å². The monoisotopic (exact) mass is 290 g/mol. The Kier molecular flexibility index (Phi) is 3.97. The van der Waals surface area contributed by atoms with Crippen molar-refractivity contribution in [1.82, 2.24) is 0 Å². The van der Waals surface area contributed by atoms with Crippen molar-refractivity contribution in [1.29, 1.82) is 5.26 Å². The van der Waals surface area contributed by atoms with Gasteiger partial charge in [0.15, 0.2) is 0 Å². The van der Waals surface area contributed by atoms with Crippen LogP contribution in [-0.2, 0) is 0 Å². The average molecular weight is 291 g/mol. The van der Waals surface area contributed by atoms with E-state index < -0.39 is 16.7 Å². The van der Waals surface area contributed by atoms with E-state index in [0.717, 1.165) is 0 Å². The number of benzene rings is 2. The average Bonchev–Trinajstić information content (AvgIpc) is 2.43. The van der Waals surface area contributed by atoms with Crippen LogP contribution in [0.1, 0.15) is 17.0 Å². The Balaban J connectivity index is 2.48. The lowest BCUT2D eigenvalue weighted by Crippen LogP contribution is -2.02. The Morgan fingerprint density at radius 1 is 1.25 bits per heavy atom. The zero-order valence-corrected chi connectivity index (χ0v) is 10.8. The van der Waals surface area contributed by atoms with Crippen LogP contribution in [0, 0.1) is 27.3 Å². The highest BCUT2D eigenvalue weighted by atomic mass is 35.5. The number of hydrogen-bond acceptors (Lipinski definition) is 3. The Bertz CT molecular complexity index is 675. The van der Waals surface area contributed by atoms with Gasteiger partial charge < -0.3 is 0 Å². The van der Waals surface area contributed by atoms with E-state index in [9.17, 15) is 19.8 Å². The lowest BCUT2D eigenvalue weighted by Gasteiger charge is -2.12. The predicted molar refractivity (Wildman–Crippen MR) is 72.0 cm³/mol. The van der Waals surface area contributed by atoms with Crippen molar-refractivity contribution in [3.05, 3.63) is 74.5 Å². The quantitative estimate of drug-likeness (QED) is 0.633. The van der Waals surface area contributed by atoms with Crippen molar-refractivity contribution in [2.75, 3.05) is 0 Å². The van der Waals surface area contributed by atoms with Crippen molar-refractivity contribution < 1.29 is 9.31 Å². The highest BCUT2D eigenvalue weighted by Crippen LogP contribution is 2.32. The van der Waals surface area contributed by atoms with Crippen LogP contribution in [-0.4, -0.2) is 4.92 Å². The van der Waals surface area contributed by atoms with Gasteiger partial charge in [-0.05, 0) is 17.7 Å². The van der Waals surface area contributed by atoms with E-state index >= 15 is 0 Å². The summed E-state index contributed by atoms with van der Waals surface area (Å²) in [5, 5.41) is 20.0. The maximum absolute atomic E-state index is 13.8. The van der Waals surface area contributed by atoms with E-state index in [4.69, 9.17) is 11.6 Å². The number of halogens is 2. The summed E-state index contributed by atoms with van der Waals surface area (Å²) < 4.78 is 13.8. The first-order chi connectivity index (χ1) is 9.54. The first-order valence-electron chi connectivity index (χ1n) is 5.62. The number of hydrogen-bond donors (Lipinski definition) is 0. The third kappa shape index (κ3) is 2.60. The summed E-state index contributed by atoms with van der Waals surface area (Å²) >= 11 is 5.94. The standard InChI is InChI=1S/C14H8ClFN2O2/c15-12-2-1-3-13(16)14(12)11(8-17)9-4-6-10(7-5-9)18(19)20/h1-7,11H/t11-/m0/s1. The Morgan fingerprint density at radius 2 is 1.90 bits per heavy atom. The van der Waals surface area contributed by atoms with Crippen LogP contribution < -0.4 is 0 Å². The van der Waals surface area contributed by atoms with Gasteiger partial charge in [0.2, 0.25) is 0 Å². The molecule has 0 aliphatic carbocycles. The van der Waals surface area contributed by atoms with Gasteiger partial charge in [-0.25, -0.2) is 4.39 Å². The minimum Gasteiger partial charge on any atom is -0.258 e. The molecule has 6 heteroatoms. The first-order valence-corrected chi connectivity index (χ1v) is 6.00. The van der Waals surface area contributed by atoms with Crippen LogP contribution in [0.3, 0.4) is 0 Å². The number of rotatable bonds is 3. The molecule has 100 valence electrons. The summed E-state index contributed by atoms with van der Waals surface area (Å²) in [5.41, 5.74) is 0.431. The second-order valence-corrected chi connectivity index (χ2v) is 4.45. The fourth-order valence-electron chi connectivity index (χ4n) is 1.88. The second-order valence-electron chi connectivity index (χ2n) is 4.05. The van der Waals surface area contributed by atoms with Crippen molar-refractivity contribution >= 4 is 17.3 Å². The van der Waals surface area contributed by atoms with Crippen molar-refractivity contribution in [3.8, 4) is 6.07 Å². The molecule has 0 saturated carbocycles. The lowest BCUT2D eigenvalue weighted by molar-refractivity contribution is -0.384. The molecule has 0 radical (unpaired) electrons. The normalized spacial score (nSPS) is 11.7. The van der Waals surface area contributed by atoms with Crippen LogP contribution >= 0.6 is 11.6 Å². The van der Waals surface area contributed by atoms with Crippen molar-refractivity contribution in [3.63, 3.8) is 0 Å². The molecule has 20 heavy (non-hydrogen) atoms. The van der Waals surface area contributed by atoms with Gasteiger partial charge in [0.05, 0.1) is 11.0 Å². The zero-order chi connectivity index (χ0) is 14.7. The molecule has 0 N–H and O–H groups in total. The van der Waals surface area contributed by atoms with Crippen LogP contribution in [0.25, 0.3) is 0 Å². The largest absolute Gasteiger partial charge is 0.269 e. The highest BCUT2D eigenvalue weighted by molar-refractivity contribution is 6.31. The van der Waals surface area contributed by atoms with Gasteiger partial charge in [-0.2, -0.15) is 5.26 Å². The van der Waals surface area contributed by atoms with Gasteiger partial charge in [-0.3, -0.25) is 10.1 Å². The summed E-state index contributed by atoms with van der Waals surface area (Å²) in [5.74, 6) is -1.49. The molecule has 2 rings (SSSR count). The molecule has 0 bridgehead atoms. The maximum atomic E-state index is 13.8. The van der Waals surface area contributed by atoms with Gasteiger partial charge in [-0.1, -0.05) is 29.8 Å². The number of nitriles is 1. The molecular formula is C14H8ClFN2O2. The number of nitro benzene ring substituents is 1. The van der Waals surface area contributed by atoms with E-state index in [1.807, 2.05) is 6.07 Å². The lowest BCUT2D eigenvalue weighted by atomic mass is 9.92. The fourth-order valence-corrected chi connectivity index (χ4v) is 2.15. The van der Waals surface area contributed by atoms with E-state index in [1.165, 1.54) is 42.5 Å². The molecule has 0 amide bonds. The SMILES string of the molecule is N#C[C@@H](c1ccc([N+](=O)[O-])cc1)c1c(F)cccc1Cl. The van der Waals surface area contributed by atoms with E-state index in [1.54, 1.807) is 0 Å². The first kappa shape index (κ1) is 14.0. The van der Waals surface area contributed by atoms with Crippen molar-refractivity contribution in [2.24, 2.45) is 0 Å². The van der Waals surface area contributed by atoms with Gasteiger partial charge >= 0.3 is 0 Å². The number of nitrogens with zero attached hydrogens (tertiary/aromatic N) is 2. The second kappa shape index (κ2) is 5.68. The fraction of sp³-hybridized carbons (Fsp3) is 0.0714. The molecule has 0 aromatic heterocycles. The van der Waals surface area contributed by atoms with Crippen LogP contribution in [0.2, 0.25) is 5.02 Å². The molecule has 0 heterocycles. The van der Waals surface area contributed by atoms with Crippen LogP contribution in [0.15, 0.2) is 42.5 Å². The Labute approximate surface area is 119 Å². The third-order valence-corrected chi connectivity index (χ3v) is 3.18. The van der Waals surface area contributed by atoms with E-state index in [-0.39, 0.29) is 16.3 Å². The Hall–Kier alpha value is -2.45. The predicted octanol–water partition coefficient (Wildman–Crippen LogP) is 4.04. The molecular weight excluding hydrogens is 283 g/mol. The minimum atomic E-state index is -0.912.